The van der Waals surface area contributed by atoms with Crippen LogP contribution in [0.5, 0.6) is 0 Å². The molecule has 19 heavy (non-hydrogen) atoms. The van der Waals surface area contributed by atoms with Gasteiger partial charge in [-0.15, -0.1) is 0 Å². The molecule has 0 aromatic heterocycles. The van der Waals surface area contributed by atoms with E-state index >= 15 is 0 Å². The van der Waals surface area contributed by atoms with Gasteiger partial charge in [-0.1, -0.05) is 0 Å². The quantitative estimate of drug-likeness (QED) is 0.650. The van der Waals surface area contributed by atoms with E-state index in [4.69, 9.17) is 15.2 Å². The summed E-state index contributed by atoms with van der Waals surface area (Å²) in [4.78, 5) is 13.9. The van der Waals surface area contributed by atoms with E-state index < -0.39 is 5.97 Å². The van der Waals surface area contributed by atoms with Gasteiger partial charge in [0.1, 0.15) is 0 Å². The summed E-state index contributed by atoms with van der Waals surface area (Å²) in [7, 11) is 1.35. The van der Waals surface area contributed by atoms with Gasteiger partial charge in [-0.3, -0.25) is 0 Å². The fourth-order valence-electron chi connectivity index (χ4n) is 2.42. The first-order chi connectivity index (χ1) is 9.01. The van der Waals surface area contributed by atoms with Crippen LogP contribution in [0, 0.1) is 0 Å². The SMILES string of the molecule is COC(=O)c1cc(N2CC(C)OC(C)C2)ccc1N. The molecule has 0 amide bonds. The number of esters is 1. The summed E-state index contributed by atoms with van der Waals surface area (Å²) in [5.74, 6) is -0.409. The number of carbonyl (C=O) groups is 1. The van der Waals surface area contributed by atoms with Crippen LogP contribution in [0.25, 0.3) is 0 Å². The average molecular weight is 264 g/mol. The van der Waals surface area contributed by atoms with Crippen molar-refractivity contribution in [2.45, 2.75) is 26.1 Å². The van der Waals surface area contributed by atoms with Crippen molar-refractivity contribution < 1.29 is 14.3 Å². The monoisotopic (exact) mass is 264 g/mol. The van der Waals surface area contributed by atoms with Crippen LogP contribution in [0.4, 0.5) is 11.4 Å². The van der Waals surface area contributed by atoms with Crippen molar-refractivity contribution in [2.24, 2.45) is 0 Å². The molecule has 0 bridgehead atoms. The molecule has 104 valence electrons. The number of hydrogen-bond donors (Lipinski definition) is 1. The first kappa shape index (κ1) is 13.7. The second kappa shape index (κ2) is 5.48. The van der Waals surface area contributed by atoms with Crippen LogP contribution >= 0.6 is 0 Å². The number of nitrogens with two attached hydrogens (primary N) is 1. The minimum atomic E-state index is -0.409. The number of ether oxygens (including phenoxy) is 2. The zero-order valence-electron chi connectivity index (χ0n) is 11.6. The molecule has 1 fully saturated rings. The Balaban J connectivity index is 2.27. The maximum atomic E-state index is 11.7. The Morgan fingerprint density at radius 3 is 2.58 bits per heavy atom. The van der Waals surface area contributed by atoms with Crippen molar-refractivity contribution in [3.8, 4) is 0 Å². The smallest absolute Gasteiger partial charge is 0.340 e. The third kappa shape index (κ3) is 2.98. The Morgan fingerprint density at radius 1 is 1.37 bits per heavy atom. The lowest BCUT2D eigenvalue weighted by Gasteiger charge is -2.37. The Morgan fingerprint density at radius 2 is 2.00 bits per heavy atom. The van der Waals surface area contributed by atoms with Gasteiger partial charge in [-0.05, 0) is 32.0 Å². The van der Waals surface area contributed by atoms with Crippen LogP contribution in [-0.4, -0.2) is 38.4 Å². The summed E-state index contributed by atoms with van der Waals surface area (Å²) in [5, 5.41) is 0. The molecule has 1 aromatic carbocycles. The number of methoxy groups -OCH3 is 1. The number of morpholine rings is 1. The van der Waals surface area contributed by atoms with Crippen LogP contribution in [0.15, 0.2) is 18.2 Å². The molecular formula is C14H20N2O3. The van der Waals surface area contributed by atoms with E-state index in [1.807, 2.05) is 19.9 Å². The molecule has 1 saturated heterocycles. The Bertz CT molecular complexity index is 466. The van der Waals surface area contributed by atoms with Crippen molar-refractivity contribution >= 4 is 17.3 Å². The Labute approximate surface area is 113 Å². The van der Waals surface area contributed by atoms with E-state index in [2.05, 4.69) is 4.90 Å². The van der Waals surface area contributed by atoms with Gasteiger partial charge >= 0.3 is 5.97 Å². The highest BCUT2D eigenvalue weighted by Gasteiger charge is 2.23. The molecule has 0 radical (unpaired) electrons. The highest BCUT2D eigenvalue weighted by atomic mass is 16.5. The molecule has 5 heteroatoms. The Hall–Kier alpha value is -1.75. The second-order valence-corrected chi connectivity index (χ2v) is 4.93. The van der Waals surface area contributed by atoms with E-state index in [1.54, 1.807) is 12.1 Å². The number of benzene rings is 1. The Kier molecular flexibility index (Phi) is 3.95. The summed E-state index contributed by atoms with van der Waals surface area (Å²) in [6.45, 7) is 5.69. The summed E-state index contributed by atoms with van der Waals surface area (Å²) in [6.07, 6.45) is 0.339. The van der Waals surface area contributed by atoms with Crippen molar-refractivity contribution in [1.29, 1.82) is 0 Å². The molecule has 1 heterocycles. The zero-order valence-corrected chi connectivity index (χ0v) is 11.6. The number of hydrogen-bond acceptors (Lipinski definition) is 5. The van der Waals surface area contributed by atoms with Crippen molar-refractivity contribution in [3.05, 3.63) is 23.8 Å². The first-order valence-corrected chi connectivity index (χ1v) is 6.39. The van der Waals surface area contributed by atoms with Crippen LogP contribution in [0.1, 0.15) is 24.2 Å². The highest BCUT2D eigenvalue weighted by molar-refractivity contribution is 5.96. The largest absolute Gasteiger partial charge is 0.465 e. The minimum Gasteiger partial charge on any atom is -0.465 e. The standard InChI is InChI=1S/C14H20N2O3/c1-9-7-16(8-10(2)19-9)11-4-5-13(15)12(6-11)14(17)18-3/h4-6,9-10H,7-8,15H2,1-3H3. The number of carbonyl (C=O) groups excluding carboxylic acids is 1. The molecule has 2 unspecified atom stereocenters. The van der Waals surface area contributed by atoms with Gasteiger partial charge in [0, 0.05) is 24.5 Å². The van der Waals surface area contributed by atoms with Gasteiger partial charge < -0.3 is 20.1 Å². The molecule has 1 aromatic rings. The van der Waals surface area contributed by atoms with Gasteiger partial charge in [0.15, 0.2) is 0 Å². The van der Waals surface area contributed by atoms with E-state index in [9.17, 15) is 4.79 Å². The summed E-state index contributed by atoms with van der Waals surface area (Å²) in [5.41, 5.74) is 7.62. The topological polar surface area (TPSA) is 64.8 Å². The normalized spacial score (nSPS) is 23.2. The lowest BCUT2D eigenvalue weighted by atomic mass is 10.1. The molecule has 2 atom stereocenters. The van der Waals surface area contributed by atoms with Crippen LogP contribution in [-0.2, 0) is 9.47 Å². The molecule has 0 saturated carbocycles. The van der Waals surface area contributed by atoms with Gasteiger partial charge in [0.05, 0.1) is 24.9 Å². The fraction of sp³-hybridized carbons (Fsp3) is 0.500. The number of anilines is 2. The summed E-state index contributed by atoms with van der Waals surface area (Å²) >= 11 is 0. The third-order valence-electron chi connectivity index (χ3n) is 3.23. The van der Waals surface area contributed by atoms with Crippen LogP contribution in [0.2, 0.25) is 0 Å². The fourth-order valence-corrected chi connectivity index (χ4v) is 2.42. The summed E-state index contributed by atoms with van der Waals surface area (Å²) < 4.78 is 10.4. The highest BCUT2D eigenvalue weighted by Crippen LogP contribution is 2.25. The predicted octanol–water partition coefficient (Wildman–Crippen LogP) is 1.67. The van der Waals surface area contributed by atoms with E-state index in [0.29, 0.717) is 11.3 Å². The van der Waals surface area contributed by atoms with E-state index in [0.717, 1.165) is 18.8 Å². The lowest BCUT2D eigenvalue weighted by Crippen LogP contribution is -2.45. The second-order valence-electron chi connectivity index (χ2n) is 4.93. The molecule has 1 aliphatic heterocycles. The molecule has 5 nitrogen and oxygen atoms in total. The first-order valence-electron chi connectivity index (χ1n) is 6.39. The molecule has 1 aliphatic rings. The van der Waals surface area contributed by atoms with Crippen molar-refractivity contribution in [1.82, 2.24) is 0 Å². The molecule has 0 aliphatic carbocycles. The maximum absolute atomic E-state index is 11.7. The number of nitrogens with zero attached hydrogens (tertiary/aromatic N) is 1. The zero-order chi connectivity index (χ0) is 14.0. The van der Waals surface area contributed by atoms with Crippen LogP contribution in [0.3, 0.4) is 0 Å². The maximum Gasteiger partial charge on any atom is 0.340 e. The van der Waals surface area contributed by atoms with Gasteiger partial charge in [0.25, 0.3) is 0 Å². The molecule has 0 spiro atoms. The molecule has 2 rings (SSSR count). The number of nitrogen functional groups attached to an aromatic ring is 1. The molecule has 2 N–H and O–H groups in total. The van der Waals surface area contributed by atoms with E-state index in [1.165, 1.54) is 7.11 Å². The third-order valence-corrected chi connectivity index (χ3v) is 3.23. The number of rotatable bonds is 2. The van der Waals surface area contributed by atoms with Crippen molar-refractivity contribution in [2.75, 3.05) is 30.8 Å². The molecular weight excluding hydrogens is 244 g/mol. The predicted molar refractivity (Wildman–Crippen MR) is 74.4 cm³/mol. The lowest BCUT2D eigenvalue weighted by molar-refractivity contribution is -0.00521. The van der Waals surface area contributed by atoms with Gasteiger partial charge in [0.2, 0.25) is 0 Å². The van der Waals surface area contributed by atoms with Gasteiger partial charge in [-0.25, -0.2) is 4.79 Å². The van der Waals surface area contributed by atoms with E-state index in [-0.39, 0.29) is 12.2 Å². The van der Waals surface area contributed by atoms with Gasteiger partial charge in [-0.2, -0.15) is 0 Å². The van der Waals surface area contributed by atoms with Crippen LogP contribution < -0.4 is 10.6 Å². The minimum absolute atomic E-state index is 0.169. The summed E-state index contributed by atoms with van der Waals surface area (Å²) in [6, 6.07) is 5.45. The average Bonchev–Trinajstić information content (AvgIpc) is 2.37. The van der Waals surface area contributed by atoms with Crippen molar-refractivity contribution in [3.63, 3.8) is 0 Å².